The van der Waals surface area contributed by atoms with Gasteiger partial charge in [0.1, 0.15) is 11.8 Å². The van der Waals surface area contributed by atoms with Gasteiger partial charge in [-0.05, 0) is 37.1 Å². The van der Waals surface area contributed by atoms with Crippen LogP contribution in [0.15, 0.2) is 24.3 Å². The first-order chi connectivity index (χ1) is 15.7. The lowest BCUT2D eigenvalue weighted by molar-refractivity contribution is -0.143. The third-order valence-corrected chi connectivity index (χ3v) is 6.28. The zero-order chi connectivity index (χ0) is 23.3. The average molecular weight is 448 g/mol. The number of phenols is 1. The van der Waals surface area contributed by atoms with Crippen LogP contribution in [-0.4, -0.2) is 30.8 Å². The van der Waals surface area contributed by atoms with Crippen LogP contribution in [0, 0.1) is 0 Å². The van der Waals surface area contributed by atoms with E-state index in [1.165, 1.54) is 103 Å². The Morgan fingerprint density at radius 1 is 0.781 bits per heavy atom. The van der Waals surface area contributed by atoms with Crippen LogP contribution in [-0.2, 0) is 16.0 Å². The van der Waals surface area contributed by atoms with E-state index in [9.17, 15) is 9.90 Å². The number of benzene rings is 1. The predicted octanol–water partition coefficient (Wildman–Crippen LogP) is 7.33. The van der Waals surface area contributed by atoms with Crippen molar-refractivity contribution in [3.8, 4) is 5.75 Å². The first kappa shape index (κ1) is 28.5. The molecule has 0 saturated carbocycles. The molecule has 0 spiro atoms. The minimum atomic E-state index is -0.333. The second kappa shape index (κ2) is 20.1. The Labute approximate surface area is 197 Å². The van der Waals surface area contributed by atoms with Crippen LogP contribution in [0.3, 0.4) is 0 Å². The first-order valence-electron chi connectivity index (χ1n) is 13.3. The van der Waals surface area contributed by atoms with Gasteiger partial charge in [0.25, 0.3) is 0 Å². The minimum Gasteiger partial charge on any atom is -0.508 e. The molecule has 1 atom stereocenters. The fourth-order valence-electron chi connectivity index (χ4n) is 4.20. The number of carbonyl (C=O) groups excluding carboxylic acids is 1. The van der Waals surface area contributed by atoms with Crippen molar-refractivity contribution in [2.24, 2.45) is 0 Å². The number of unbranched alkanes of at least 4 members (excludes halogenated alkanes) is 15. The zero-order valence-corrected chi connectivity index (χ0v) is 20.9. The van der Waals surface area contributed by atoms with Crippen molar-refractivity contribution < 1.29 is 14.6 Å². The average Bonchev–Trinajstić information content (AvgIpc) is 2.81. The van der Waals surface area contributed by atoms with E-state index < -0.39 is 0 Å². The second-order valence-electron chi connectivity index (χ2n) is 9.20. The van der Waals surface area contributed by atoms with Crippen LogP contribution in [0.25, 0.3) is 0 Å². The highest BCUT2D eigenvalue weighted by molar-refractivity contribution is 5.76. The molecule has 4 heteroatoms. The van der Waals surface area contributed by atoms with Gasteiger partial charge in [-0.25, -0.2) is 0 Å². The zero-order valence-electron chi connectivity index (χ0n) is 20.9. The molecule has 2 N–H and O–H groups in total. The molecule has 0 heterocycles. The predicted molar refractivity (Wildman–Crippen MR) is 135 cm³/mol. The number of hydrogen-bond donors (Lipinski definition) is 2. The molecule has 1 rings (SSSR count). The number of ether oxygens (including phenoxy) is 1. The van der Waals surface area contributed by atoms with Crippen LogP contribution in [0.2, 0.25) is 0 Å². The molecule has 0 fully saturated rings. The Kier molecular flexibility index (Phi) is 17.9. The molecule has 1 aromatic rings. The van der Waals surface area contributed by atoms with Gasteiger partial charge in [-0.15, -0.1) is 0 Å². The van der Waals surface area contributed by atoms with E-state index in [-0.39, 0.29) is 17.8 Å². The maximum atomic E-state index is 12.1. The van der Waals surface area contributed by atoms with Gasteiger partial charge in [0.05, 0.1) is 7.11 Å². The number of methoxy groups -OCH3 is 1. The number of esters is 1. The van der Waals surface area contributed by atoms with Crippen molar-refractivity contribution in [3.05, 3.63) is 29.8 Å². The highest BCUT2D eigenvalue weighted by atomic mass is 16.5. The van der Waals surface area contributed by atoms with Crippen LogP contribution in [0.5, 0.6) is 5.75 Å². The van der Waals surface area contributed by atoms with Gasteiger partial charge >= 0.3 is 5.97 Å². The molecule has 0 aliphatic rings. The summed E-state index contributed by atoms with van der Waals surface area (Å²) in [7, 11) is 1.43. The summed E-state index contributed by atoms with van der Waals surface area (Å²) in [6.45, 7) is 3.11. The summed E-state index contributed by atoms with van der Waals surface area (Å²) in [5.41, 5.74) is 1.01. The SMILES string of the molecule is CCCCCCCCCCCCCCCCCCNC(Cc1ccc(O)cc1)C(=O)OC. The van der Waals surface area contributed by atoms with Crippen LogP contribution < -0.4 is 5.32 Å². The lowest BCUT2D eigenvalue weighted by atomic mass is 10.0. The molecule has 0 aliphatic carbocycles. The third kappa shape index (κ3) is 15.3. The molecule has 0 bridgehead atoms. The van der Waals surface area contributed by atoms with Gasteiger partial charge in [-0.2, -0.15) is 0 Å². The molecule has 1 aromatic carbocycles. The quantitative estimate of drug-likeness (QED) is 0.153. The Balaban J connectivity index is 1.95. The van der Waals surface area contributed by atoms with E-state index in [1.54, 1.807) is 12.1 Å². The fourth-order valence-corrected chi connectivity index (χ4v) is 4.20. The highest BCUT2D eigenvalue weighted by Crippen LogP contribution is 2.14. The maximum Gasteiger partial charge on any atom is 0.323 e. The van der Waals surface area contributed by atoms with Gasteiger partial charge in [0.2, 0.25) is 0 Å². The molecule has 0 aliphatic heterocycles. The van der Waals surface area contributed by atoms with Crippen molar-refractivity contribution in [3.63, 3.8) is 0 Å². The van der Waals surface area contributed by atoms with Crippen molar-refractivity contribution >= 4 is 5.97 Å². The lowest BCUT2D eigenvalue weighted by Crippen LogP contribution is -2.40. The summed E-state index contributed by atoms with van der Waals surface area (Å²) >= 11 is 0. The molecule has 0 saturated heterocycles. The Hall–Kier alpha value is -1.55. The molecule has 1 unspecified atom stereocenters. The number of carbonyl (C=O) groups is 1. The highest BCUT2D eigenvalue weighted by Gasteiger charge is 2.18. The van der Waals surface area contributed by atoms with Gasteiger partial charge in [0, 0.05) is 0 Å². The standard InChI is InChI=1S/C28H49NO3/c1-3-4-5-6-7-8-9-10-11-12-13-14-15-16-17-18-23-29-27(28(31)32-2)24-25-19-21-26(30)22-20-25/h19-22,27,29-30H,3-18,23-24H2,1-2H3. The molecule has 32 heavy (non-hydrogen) atoms. The summed E-state index contributed by atoms with van der Waals surface area (Å²) < 4.78 is 4.94. The van der Waals surface area contributed by atoms with Gasteiger partial charge in [0.15, 0.2) is 0 Å². The summed E-state index contributed by atoms with van der Waals surface area (Å²) in [4.78, 5) is 12.1. The molecule has 0 radical (unpaired) electrons. The van der Waals surface area contributed by atoms with E-state index in [0.29, 0.717) is 6.42 Å². The lowest BCUT2D eigenvalue weighted by Gasteiger charge is -2.16. The second-order valence-corrected chi connectivity index (χ2v) is 9.20. The molecule has 184 valence electrons. The number of phenolic OH excluding ortho intramolecular Hbond substituents is 1. The third-order valence-electron chi connectivity index (χ3n) is 6.28. The van der Waals surface area contributed by atoms with Crippen LogP contribution >= 0.6 is 0 Å². The number of hydrogen-bond acceptors (Lipinski definition) is 4. The Morgan fingerprint density at radius 2 is 1.22 bits per heavy atom. The number of aromatic hydroxyl groups is 1. The number of rotatable bonds is 21. The first-order valence-corrected chi connectivity index (χ1v) is 13.3. The minimum absolute atomic E-state index is 0.227. The normalized spacial score (nSPS) is 12.1. The maximum absolute atomic E-state index is 12.1. The van der Waals surface area contributed by atoms with Gasteiger partial charge < -0.3 is 15.2 Å². The summed E-state index contributed by atoms with van der Waals surface area (Å²) in [5.74, 6) is 0.0130. The summed E-state index contributed by atoms with van der Waals surface area (Å²) in [6, 6.07) is 6.67. The van der Waals surface area contributed by atoms with Crippen LogP contribution in [0.1, 0.15) is 115 Å². The van der Waals surface area contributed by atoms with Crippen molar-refractivity contribution in [1.29, 1.82) is 0 Å². The fraction of sp³-hybridized carbons (Fsp3) is 0.750. The van der Waals surface area contributed by atoms with Gasteiger partial charge in [-0.1, -0.05) is 115 Å². The summed E-state index contributed by atoms with van der Waals surface area (Å²) in [6.07, 6.45) is 22.4. The van der Waals surface area contributed by atoms with E-state index in [0.717, 1.165) is 18.5 Å². The smallest absolute Gasteiger partial charge is 0.323 e. The monoisotopic (exact) mass is 447 g/mol. The Bertz CT molecular complexity index is 558. The van der Waals surface area contributed by atoms with E-state index in [1.807, 2.05) is 12.1 Å². The van der Waals surface area contributed by atoms with E-state index in [2.05, 4.69) is 12.2 Å². The Morgan fingerprint density at radius 3 is 1.66 bits per heavy atom. The molecule has 0 amide bonds. The van der Waals surface area contributed by atoms with Crippen LogP contribution in [0.4, 0.5) is 0 Å². The molecular formula is C28H49NO3. The number of nitrogens with one attached hydrogen (secondary N) is 1. The topological polar surface area (TPSA) is 58.6 Å². The molecular weight excluding hydrogens is 398 g/mol. The molecule has 0 aromatic heterocycles. The van der Waals surface area contributed by atoms with E-state index >= 15 is 0 Å². The van der Waals surface area contributed by atoms with E-state index in [4.69, 9.17) is 4.74 Å². The van der Waals surface area contributed by atoms with Crippen molar-refractivity contribution in [1.82, 2.24) is 5.32 Å². The molecule has 4 nitrogen and oxygen atoms in total. The largest absolute Gasteiger partial charge is 0.508 e. The van der Waals surface area contributed by atoms with Crippen molar-refractivity contribution in [2.45, 2.75) is 122 Å². The van der Waals surface area contributed by atoms with Crippen molar-refractivity contribution in [2.75, 3.05) is 13.7 Å². The summed E-state index contributed by atoms with van der Waals surface area (Å²) in [5, 5.41) is 12.8. The van der Waals surface area contributed by atoms with Gasteiger partial charge in [-0.3, -0.25) is 4.79 Å².